The minimum atomic E-state index is -2.87. The summed E-state index contributed by atoms with van der Waals surface area (Å²) in [6.07, 6.45) is -2.32. The second-order valence-corrected chi connectivity index (χ2v) is 13.5. The van der Waals surface area contributed by atoms with E-state index in [9.17, 15) is 15.0 Å². The highest BCUT2D eigenvalue weighted by molar-refractivity contribution is 6.99. The Bertz CT molecular complexity index is 1010. The molecule has 0 unspecified atom stereocenters. The summed E-state index contributed by atoms with van der Waals surface area (Å²) in [6.45, 7) is 6.43. The van der Waals surface area contributed by atoms with Gasteiger partial charge < -0.3 is 24.7 Å². The highest BCUT2D eigenvalue weighted by atomic mass is 28.4. The summed E-state index contributed by atoms with van der Waals surface area (Å²) in [5.74, 6) is 0.649. The summed E-state index contributed by atoms with van der Waals surface area (Å²) in [6, 6.07) is 26.3. The maximum atomic E-state index is 11.5. The molecule has 0 radical (unpaired) electrons. The number of benzene rings is 3. The van der Waals surface area contributed by atoms with Crippen molar-refractivity contribution < 1.29 is 24.2 Å². The van der Waals surface area contributed by atoms with Crippen LogP contribution in [0, 0.1) is 0 Å². The first-order chi connectivity index (χ1) is 16.2. The molecule has 3 N–H and O–H groups in total. The van der Waals surface area contributed by atoms with Crippen molar-refractivity contribution in [2.24, 2.45) is 0 Å². The van der Waals surface area contributed by atoms with Crippen LogP contribution in [-0.2, 0) is 4.43 Å². The monoisotopic (exact) mass is 479 g/mol. The van der Waals surface area contributed by atoms with E-state index < -0.39 is 26.6 Å². The number of nitrogens with one attached hydrogen (secondary N) is 1. The number of aliphatic hydroxyl groups excluding tert-OH is 1. The topological polar surface area (TPSA) is 88.0 Å². The van der Waals surface area contributed by atoms with Crippen molar-refractivity contribution >= 4 is 24.8 Å². The molecule has 0 saturated carbocycles. The van der Waals surface area contributed by atoms with Crippen LogP contribution in [-0.4, -0.2) is 44.4 Å². The van der Waals surface area contributed by atoms with Gasteiger partial charge in [-0.3, -0.25) is 0 Å². The molecule has 0 aliphatic heterocycles. The minimum absolute atomic E-state index is 0.0374. The Morgan fingerprint density at radius 3 is 1.82 bits per heavy atom. The molecule has 0 bridgehead atoms. The zero-order chi connectivity index (χ0) is 24.8. The van der Waals surface area contributed by atoms with Gasteiger partial charge in [0.1, 0.15) is 11.9 Å². The Labute approximate surface area is 202 Å². The van der Waals surface area contributed by atoms with Gasteiger partial charge in [0.15, 0.2) is 0 Å². The molecule has 7 heteroatoms. The lowest BCUT2D eigenvalue weighted by molar-refractivity contribution is 0.0678. The Hall–Kier alpha value is -3.13. The average Bonchev–Trinajstić information content (AvgIpc) is 2.83. The molecule has 3 aromatic rings. The van der Waals surface area contributed by atoms with Gasteiger partial charge in [0, 0.05) is 0 Å². The number of ether oxygens (including phenoxy) is 1. The van der Waals surface area contributed by atoms with Crippen LogP contribution in [0.3, 0.4) is 0 Å². The normalized spacial score (nSPS) is 13.7. The van der Waals surface area contributed by atoms with Gasteiger partial charge in [0.25, 0.3) is 8.32 Å². The molecule has 6 nitrogen and oxygen atoms in total. The fourth-order valence-corrected chi connectivity index (χ4v) is 8.99. The number of amides is 1. The fraction of sp³-hybridized carbons (Fsp3) is 0.296. The van der Waals surface area contributed by atoms with Crippen LogP contribution in [0.2, 0.25) is 5.04 Å². The van der Waals surface area contributed by atoms with Crippen LogP contribution in [0.4, 0.5) is 4.79 Å². The summed E-state index contributed by atoms with van der Waals surface area (Å²) in [7, 11) is -1.30. The summed E-state index contributed by atoms with van der Waals surface area (Å²) < 4.78 is 12.0. The van der Waals surface area contributed by atoms with Crippen molar-refractivity contribution in [2.75, 3.05) is 13.7 Å². The van der Waals surface area contributed by atoms with Crippen LogP contribution >= 0.6 is 0 Å². The molecule has 3 aromatic carbocycles. The van der Waals surface area contributed by atoms with E-state index in [-0.39, 0.29) is 11.6 Å². The highest BCUT2D eigenvalue weighted by Crippen LogP contribution is 2.37. The van der Waals surface area contributed by atoms with Gasteiger partial charge in [-0.1, -0.05) is 93.6 Å². The molecule has 3 rings (SSSR count). The van der Waals surface area contributed by atoms with Gasteiger partial charge in [0.05, 0.1) is 19.8 Å². The number of carbonyl (C=O) groups is 1. The number of rotatable bonds is 9. The van der Waals surface area contributed by atoms with Gasteiger partial charge in [-0.15, -0.1) is 0 Å². The van der Waals surface area contributed by atoms with Crippen LogP contribution in [0.15, 0.2) is 84.9 Å². The van der Waals surface area contributed by atoms with Crippen molar-refractivity contribution in [2.45, 2.75) is 38.0 Å². The molecule has 2 atom stereocenters. The number of carboxylic acid groups (broad SMARTS) is 1. The Kier molecular flexibility index (Phi) is 8.14. The summed E-state index contributed by atoms with van der Waals surface area (Å²) >= 11 is 0. The molecule has 180 valence electrons. The number of methoxy groups -OCH3 is 1. The first kappa shape index (κ1) is 25.5. The minimum Gasteiger partial charge on any atom is -0.497 e. The lowest BCUT2D eigenvalue weighted by Gasteiger charge is -2.43. The Morgan fingerprint density at radius 1 is 0.912 bits per heavy atom. The van der Waals surface area contributed by atoms with E-state index >= 15 is 0 Å². The van der Waals surface area contributed by atoms with E-state index in [0.29, 0.717) is 11.3 Å². The molecular weight excluding hydrogens is 446 g/mol. The highest BCUT2D eigenvalue weighted by Gasteiger charge is 2.50. The molecule has 0 aliphatic carbocycles. The average molecular weight is 480 g/mol. The van der Waals surface area contributed by atoms with Crippen molar-refractivity contribution in [3.05, 3.63) is 90.5 Å². The van der Waals surface area contributed by atoms with Crippen molar-refractivity contribution in [3.8, 4) is 5.75 Å². The third kappa shape index (κ3) is 5.50. The van der Waals surface area contributed by atoms with Crippen LogP contribution < -0.4 is 20.4 Å². The summed E-state index contributed by atoms with van der Waals surface area (Å²) in [5.41, 5.74) is 0.627. The van der Waals surface area contributed by atoms with E-state index in [4.69, 9.17) is 9.16 Å². The van der Waals surface area contributed by atoms with Crippen molar-refractivity contribution in [1.82, 2.24) is 5.32 Å². The quantitative estimate of drug-likeness (QED) is 0.405. The predicted molar refractivity (Wildman–Crippen MR) is 136 cm³/mol. The van der Waals surface area contributed by atoms with Crippen molar-refractivity contribution in [3.63, 3.8) is 0 Å². The standard InChI is InChI=1S/C27H33NO5Si/c1-27(2,3)34(22-11-7-5-8-12-22,23-13-9-6-10-14-23)33-19-24(29)25(28-26(30)31)20-15-17-21(32-4)18-16-20/h5-18,24-25,28-29H,19H2,1-4H3,(H,30,31)/t24-,25-/m1/s1. The Morgan fingerprint density at radius 2 is 1.41 bits per heavy atom. The summed E-state index contributed by atoms with van der Waals surface area (Å²) in [5, 5.41) is 25.0. The number of hydrogen-bond acceptors (Lipinski definition) is 4. The zero-order valence-electron chi connectivity index (χ0n) is 20.1. The SMILES string of the molecule is COc1ccc([C@@H](NC(=O)O)[C@H](O)CO[Si](c2ccccc2)(c2ccccc2)C(C)(C)C)cc1. The lowest BCUT2D eigenvalue weighted by Crippen LogP contribution is -2.67. The summed E-state index contributed by atoms with van der Waals surface area (Å²) in [4.78, 5) is 11.5. The molecular formula is C27H33NO5Si. The van der Waals surface area contributed by atoms with Crippen molar-refractivity contribution in [1.29, 1.82) is 0 Å². The van der Waals surface area contributed by atoms with E-state index in [1.807, 2.05) is 36.4 Å². The second kappa shape index (κ2) is 10.9. The molecule has 0 saturated heterocycles. The first-order valence-corrected chi connectivity index (χ1v) is 13.2. The molecule has 0 heterocycles. The van der Waals surface area contributed by atoms with Crippen LogP contribution in [0.1, 0.15) is 32.4 Å². The maximum absolute atomic E-state index is 11.5. The second-order valence-electron chi connectivity index (χ2n) is 9.24. The third-order valence-corrected chi connectivity index (χ3v) is 11.0. The molecule has 34 heavy (non-hydrogen) atoms. The van der Waals surface area contributed by atoms with Gasteiger partial charge >= 0.3 is 6.09 Å². The molecule has 1 amide bonds. The molecule has 0 aliphatic rings. The molecule has 0 fully saturated rings. The molecule has 0 aromatic heterocycles. The predicted octanol–water partition coefficient (Wildman–Crippen LogP) is 3.94. The maximum Gasteiger partial charge on any atom is 0.405 e. The van der Waals surface area contributed by atoms with E-state index in [0.717, 1.165) is 10.4 Å². The molecule has 0 spiro atoms. The van der Waals surface area contributed by atoms with E-state index in [1.165, 1.54) is 0 Å². The lowest BCUT2D eigenvalue weighted by atomic mass is 10.0. The van der Waals surface area contributed by atoms with Crippen LogP contribution in [0.5, 0.6) is 5.75 Å². The van der Waals surface area contributed by atoms with Gasteiger partial charge in [-0.2, -0.15) is 0 Å². The number of aliphatic hydroxyl groups is 1. The van der Waals surface area contributed by atoms with E-state index in [2.05, 4.69) is 50.4 Å². The fourth-order valence-electron chi connectivity index (χ4n) is 4.41. The largest absolute Gasteiger partial charge is 0.497 e. The van der Waals surface area contributed by atoms with Gasteiger partial charge in [-0.05, 0) is 33.1 Å². The van der Waals surface area contributed by atoms with Gasteiger partial charge in [0.2, 0.25) is 0 Å². The Balaban J connectivity index is 1.99. The van der Waals surface area contributed by atoms with Gasteiger partial charge in [-0.25, -0.2) is 4.79 Å². The van der Waals surface area contributed by atoms with E-state index in [1.54, 1.807) is 31.4 Å². The third-order valence-electron chi connectivity index (χ3n) is 6.03. The first-order valence-electron chi connectivity index (χ1n) is 11.3. The zero-order valence-corrected chi connectivity index (χ0v) is 21.1. The van der Waals surface area contributed by atoms with Crippen LogP contribution in [0.25, 0.3) is 0 Å². The smallest absolute Gasteiger partial charge is 0.405 e. The number of hydrogen-bond donors (Lipinski definition) is 3.